The molecule has 1 aliphatic heterocycles. The van der Waals surface area contributed by atoms with Crippen molar-refractivity contribution < 1.29 is 18.9 Å². The van der Waals surface area contributed by atoms with Gasteiger partial charge in [0.1, 0.15) is 0 Å². The largest absolute Gasteiger partial charge is 0.491 e. The van der Waals surface area contributed by atoms with Gasteiger partial charge in [0.2, 0.25) is 0 Å². The van der Waals surface area contributed by atoms with Crippen LogP contribution in [-0.2, 0) is 14.1 Å². The molecule has 1 aliphatic rings. The Labute approximate surface area is 152 Å². The third-order valence-electron chi connectivity index (χ3n) is 4.41. The molecule has 1 fully saturated rings. The maximum atomic E-state index is 11.4. The van der Waals surface area contributed by atoms with Crippen molar-refractivity contribution in [2.75, 3.05) is 5.75 Å². The fourth-order valence-corrected chi connectivity index (χ4v) is 3.81. The van der Waals surface area contributed by atoms with Gasteiger partial charge in [0.25, 0.3) is 0 Å². The van der Waals surface area contributed by atoms with Gasteiger partial charge in [-0.25, -0.2) is 0 Å². The molecular weight excluding hydrogens is 343 g/mol. The van der Waals surface area contributed by atoms with Crippen LogP contribution in [0.3, 0.4) is 0 Å². The molecular formula is C17H23BO4S2. The SMILES string of the molecule is CC(=O)SCC(=Cc1sc(C=O)cc1C)B1OC(C)(C)C(C)(C)O1. The Balaban J connectivity index is 2.34. The lowest BCUT2D eigenvalue weighted by Crippen LogP contribution is -2.41. The van der Waals surface area contributed by atoms with E-state index in [4.69, 9.17) is 9.31 Å². The van der Waals surface area contributed by atoms with Crippen LogP contribution in [0, 0.1) is 6.92 Å². The zero-order valence-electron chi connectivity index (χ0n) is 15.0. The third-order valence-corrected chi connectivity index (χ3v) is 6.40. The number of aldehydes is 1. The average Bonchev–Trinajstić information content (AvgIpc) is 2.91. The summed E-state index contributed by atoms with van der Waals surface area (Å²) in [4.78, 5) is 24.1. The summed E-state index contributed by atoms with van der Waals surface area (Å²) in [5, 5.41) is 0.0499. The minimum Gasteiger partial charge on any atom is -0.400 e. The predicted molar refractivity (Wildman–Crippen MR) is 102 cm³/mol. The van der Waals surface area contributed by atoms with Gasteiger partial charge in [-0.15, -0.1) is 11.3 Å². The molecule has 0 aliphatic carbocycles. The highest BCUT2D eigenvalue weighted by Gasteiger charge is 2.52. The standard InChI is InChI=1S/C17H23BO4S2/c1-11-7-14(9-19)24-15(11)8-13(10-23-12(2)20)18-21-16(3,4)17(5,6)22-18/h7-9H,10H2,1-6H3. The molecule has 1 saturated heterocycles. The van der Waals surface area contributed by atoms with Crippen LogP contribution in [0.4, 0.5) is 0 Å². The topological polar surface area (TPSA) is 52.6 Å². The molecule has 0 atom stereocenters. The zero-order valence-corrected chi connectivity index (χ0v) is 16.6. The van der Waals surface area contributed by atoms with Crippen LogP contribution >= 0.6 is 23.1 Å². The van der Waals surface area contributed by atoms with Crippen LogP contribution < -0.4 is 0 Å². The molecule has 0 bridgehead atoms. The Morgan fingerprint density at radius 3 is 2.33 bits per heavy atom. The number of thioether (sulfide) groups is 1. The molecule has 0 N–H and O–H groups in total. The van der Waals surface area contributed by atoms with Gasteiger partial charge in [-0.2, -0.15) is 0 Å². The highest BCUT2D eigenvalue weighted by atomic mass is 32.2. The molecule has 1 aromatic rings. The highest BCUT2D eigenvalue weighted by molar-refractivity contribution is 8.13. The minimum atomic E-state index is -0.497. The second-order valence-electron chi connectivity index (χ2n) is 6.90. The molecule has 0 amide bonds. The number of carbonyl (C=O) groups excluding carboxylic acids is 2. The summed E-state index contributed by atoms with van der Waals surface area (Å²) in [6.07, 6.45) is 2.85. The Morgan fingerprint density at radius 1 is 1.29 bits per heavy atom. The van der Waals surface area contributed by atoms with E-state index in [0.717, 1.165) is 22.2 Å². The summed E-state index contributed by atoms with van der Waals surface area (Å²) in [5.74, 6) is 0.500. The summed E-state index contributed by atoms with van der Waals surface area (Å²) < 4.78 is 12.2. The first kappa shape index (κ1) is 19.4. The van der Waals surface area contributed by atoms with E-state index in [1.54, 1.807) is 6.92 Å². The lowest BCUT2D eigenvalue weighted by molar-refractivity contribution is -0.109. The maximum absolute atomic E-state index is 11.4. The first-order chi connectivity index (χ1) is 11.1. The number of thiophene rings is 1. The van der Waals surface area contributed by atoms with Crippen LogP contribution in [0.25, 0.3) is 6.08 Å². The van der Waals surface area contributed by atoms with E-state index in [1.807, 2.05) is 46.8 Å². The Hall–Kier alpha value is -0.885. The van der Waals surface area contributed by atoms with Crippen molar-refractivity contribution in [3.63, 3.8) is 0 Å². The fourth-order valence-electron chi connectivity index (χ4n) is 2.25. The van der Waals surface area contributed by atoms with Crippen molar-refractivity contribution in [2.24, 2.45) is 0 Å². The van der Waals surface area contributed by atoms with Gasteiger partial charge in [0.15, 0.2) is 11.4 Å². The average molecular weight is 366 g/mol. The Kier molecular flexibility index (Phi) is 5.80. The summed E-state index contributed by atoms with van der Waals surface area (Å²) in [6, 6.07) is 1.86. The van der Waals surface area contributed by atoms with E-state index in [1.165, 1.54) is 23.1 Å². The van der Waals surface area contributed by atoms with Gasteiger partial charge in [0, 0.05) is 17.6 Å². The van der Waals surface area contributed by atoms with Crippen LogP contribution in [0.2, 0.25) is 0 Å². The molecule has 1 aromatic heterocycles. The van der Waals surface area contributed by atoms with Crippen molar-refractivity contribution in [2.45, 2.75) is 52.7 Å². The van der Waals surface area contributed by atoms with Gasteiger partial charge in [0.05, 0.1) is 16.1 Å². The third kappa shape index (κ3) is 4.20. The minimum absolute atomic E-state index is 0.0499. The molecule has 7 heteroatoms. The molecule has 0 aromatic carbocycles. The summed E-state index contributed by atoms with van der Waals surface area (Å²) in [5.41, 5.74) is 1.06. The zero-order chi connectivity index (χ0) is 18.1. The Morgan fingerprint density at radius 2 is 1.88 bits per heavy atom. The van der Waals surface area contributed by atoms with Gasteiger partial charge < -0.3 is 9.31 Å². The summed E-state index contributed by atoms with van der Waals surface area (Å²) >= 11 is 2.66. The van der Waals surface area contributed by atoms with E-state index in [0.29, 0.717) is 10.6 Å². The van der Waals surface area contributed by atoms with Crippen molar-refractivity contribution in [3.8, 4) is 0 Å². The van der Waals surface area contributed by atoms with Gasteiger partial charge in [-0.1, -0.05) is 11.8 Å². The Bertz CT molecular complexity index is 660. The molecule has 4 nitrogen and oxygen atoms in total. The molecule has 130 valence electrons. The number of aryl methyl sites for hydroxylation is 1. The van der Waals surface area contributed by atoms with E-state index in [-0.39, 0.29) is 5.12 Å². The molecule has 24 heavy (non-hydrogen) atoms. The van der Waals surface area contributed by atoms with Gasteiger partial charge >= 0.3 is 7.12 Å². The number of hydrogen-bond donors (Lipinski definition) is 0. The van der Waals surface area contributed by atoms with E-state index >= 15 is 0 Å². The fraction of sp³-hybridized carbons (Fsp3) is 0.529. The first-order valence-corrected chi connectivity index (χ1v) is 9.61. The predicted octanol–water partition coefficient (Wildman–Crippen LogP) is 4.16. The van der Waals surface area contributed by atoms with Crippen molar-refractivity contribution in [1.82, 2.24) is 0 Å². The second-order valence-corrected chi connectivity index (χ2v) is 9.17. The number of rotatable bonds is 5. The number of hydrogen-bond acceptors (Lipinski definition) is 6. The second kappa shape index (κ2) is 7.16. The first-order valence-electron chi connectivity index (χ1n) is 7.81. The van der Waals surface area contributed by atoms with E-state index in [9.17, 15) is 9.59 Å². The smallest absolute Gasteiger partial charge is 0.400 e. The van der Waals surface area contributed by atoms with Gasteiger partial charge in [-0.3, -0.25) is 9.59 Å². The van der Waals surface area contributed by atoms with Crippen molar-refractivity contribution in [3.05, 3.63) is 26.9 Å². The molecule has 2 rings (SSSR count). The van der Waals surface area contributed by atoms with Crippen molar-refractivity contribution in [1.29, 1.82) is 0 Å². The summed E-state index contributed by atoms with van der Waals surface area (Å²) in [7, 11) is -0.497. The molecule has 0 spiro atoms. The normalized spacial score (nSPS) is 19.6. The van der Waals surface area contributed by atoms with Crippen LogP contribution in [0.15, 0.2) is 11.5 Å². The quantitative estimate of drug-likeness (QED) is 0.578. The monoisotopic (exact) mass is 366 g/mol. The van der Waals surface area contributed by atoms with Crippen LogP contribution in [0.5, 0.6) is 0 Å². The van der Waals surface area contributed by atoms with Crippen LogP contribution in [-0.4, -0.2) is 35.5 Å². The lowest BCUT2D eigenvalue weighted by Gasteiger charge is -2.32. The summed E-state index contributed by atoms with van der Waals surface area (Å²) in [6.45, 7) is 11.5. The van der Waals surface area contributed by atoms with Crippen molar-refractivity contribution >= 4 is 47.7 Å². The molecule has 0 radical (unpaired) electrons. The van der Waals surface area contributed by atoms with Crippen LogP contribution in [0.1, 0.15) is 54.7 Å². The maximum Gasteiger partial charge on any atom is 0.491 e. The van der Waals surface area contributed by atoms with Gasteiger partial charge in [-0.05, 0) is 57.8 Å². The highest BCUT2D eigenvalue weighted by Crippen LogP contribution is 2.39. The van der Waals surface area contributed by atoms with E-state index in [2.05, 4.69) is 0 Å². The molecule has 0 unspecified atom stereocenters. The lowest BCUT2D eigenvalue weighted by atomic mass is 9.78. The molecule has 2 heterocycles. The van der Waals surface area contributed by atoms with E-state index < -0.39 is 18.3 Å². The molecule has 0 saturated carbocycles. The number of carbonyl (C=O) groups is 2.